The molecule has 2 aromatic carbocycles. The van der Waals surface area contributed by atoms with Crippen LogP contribution in [0, 0.1) is 0 Å². The van der Waals surface area contributed by atoms with Crippen LogP contribution in [-0.2, 0) is 10.0 Å². The van der Waals surface area contributed by atoms with Crippen LogP contribution in [0.25, 0.3) is 11.0 Å². The molecule has 0 atom stereocenters. The second-order valence-corrected chi connectivity index (χ2v) is 9.69. The van der Waals surface area contributed by atoms with Crippen molar-refractivity contribution in [1.82, 2.24) is 5.16 Å². The summed E-state index contributed by atoms with van der Waals surface area (Å²) in [5.74, 6) is -0.386. The van der Waals surface area contributed by atoms with Gasteiger partial charge in [0.25, 0.3) is 10.0 Å². The predicted octanol–water partition coefficient (Wildman–Crippen LogP) is 5.94. The van der Waals surface area contributed by atoms with Crippen LogP contribution < -0.4 is 4.72 Å². The number of aromatic nitrogens is 1. The summed E-state index contributed by atoms with van der Waals surface area (Å²) in [6.45, 7) is 0. The summed E-state index contributed by atoms with van der Waals surface area (Å²) in [5.41, 5.74) is 0.121. The molecule has 0 saturated carbocycles. The van der Waals surface area contributed by atoms with E-state index in [1.165, 1.54) is 18.2 Å². The van der Waals surface area contributed by atoms with Crippen molar-refractivity contribution in [2.24, 2.45) is 0 Å². The topological polar surface area (TPSA) is 72.2 Å². The molecule has 0 aliphatic heterocycles. The highest BCUT2D eigenvalue weighted by Gasteiger charge is 2.65. The minimum Gasteiger partial charge on any atom is -0.354 e. The highest BCUT2D eigenvalue weighted by molar-refractivity contribution is 8.45. The number of nitrogens with zero attached hydrogens (tertiary/aromatic N) is 1. The Morgan fingerprint density at radius 2 is 1.69 bits per heavy atom. The smallest absolute Gasteiger partial charge is 0.310 e. The van der Waals surface area contributed by atoms with Gasteiger partial charge in [0.1, 0.15) is 4.90 Å². The number of sulfonamides is 1. The normalized spacial score (nSPS) is 15.5. The Hall–Kier alpha value is -2.05. The molecule has 3 aromatic rings. The molecule has 0 saturated heterocycles. The Morgan fingerprint density at radius 1 is 1.04 bits per heavy atom. The first-order valence-electron chi connectivity index (χ1n) is 6.58. The van der Waals surface area contributed by atoms with Crippen LogP contribution in [0.2, 0.25) is 5.02 Å². The molecule has 142 valence electrons. The number of rotatable bonds is 4. The maximum Gasteiger partial charge on any atom is 0.310 e. The molecule has 0 radical (unpaired) electrons. The lowest BCUT2D eigenvalue weighted by molar-refractivity contribution is 0.363. The van der Waals surface area contributed by atoms with Crippen molar-refractivity contribution in [3.63, 3.8) is 0 Å². The molecule has 13 heteroatoms. The molecule has 0 bridgehead atoms. The van der Waals surface area contributed by atoms with E-state index in [1.54, 1.807) is 0 Å². The third-order valence-corrected chi connectivity index (χ3v) is 6.04. The van der Waals surface area contributed by atoms with Gasteiger partial charge in [-0.05, 0) is 30.3 Å². The van der Waals surface area contributed by atoms with Gasteiger partial charge in [-0.2, -0.15) is 0 Å². The van der Waals surface area contributed by atoms with Gasteiger partial charge in [-0.15, -0.1) is 0 Å². The molecule has 26 heavy (non-hydrogen) atoms. The van der Waals surface area contributed by atoms with Gasteiger partial charge < -0.3 is 4.52 Å². The molecule has 1 N–H and O–H groups in total. The number of benzene rings is 2. The van der Waals surface area contributed by atoms with E-state index < -0.39 is 30.0 Å². The summed E-state index contributed by atoms with van der Waals surface area (Å²) in [4.78, 5) is -3.35. The standard InChI is InChI=1S/C13H8ClF5N2O3S2/c14-10-5-2-6-11-12(10)13(20-24-11)21-25(22,23)8-3-1-4-9(7-8)26(15,16,17,18)19/h1-7H,(H,20,21). The SMILES string of the molecule is O=S(=O)(Nc1noc2cccc(Cl)c12)c1cccc(S(F)(F)(F)(F)F)c1. The summed E-state index contributed by atoms with van der Waals surface area (Å²) < 4.78 is 95.8. The van der Waals surface area contributed by atoms with E-state index in [2.05, 4.69) is 5.16 Å². The molecular weight excluding hydrogens is 427 g/mol. The summed E-state index contributed by atoms with van der Waals surface area (Å²) in [6.07, 6.45) is 0. The van der Waals surface area contributed by atoms with Crippen molar-refractivity contribution in [2.75, 3.05) is 4.72 Å². The minimum atomic E-state index is -10.0. The van der Waals surface area contributed by atoms with Crippen molar-refractivity contribution in [2.45, 2.75) is 9.79 Å². The first-order valence-corrected chi connectivity index (χ1v) is 10.4. The van der Waals surface area contributed by atoms with E-state index in [0.717, 1.165) is 6.07 Å². The second-order valence-electron chi connectivity index (χ2n) is 5.19. The highest BCUT2D eigenvalue weighted by Crippen LogP contribution is 3.02. The van der Waals surface area contributed by atoms with E-state index in [4.69, 9.17) is 16.1 Å². The molecule has 0 amide bonds. The van der Waals surface area contributed by atoms with Gasteiger partial charge >= 0.3 is 10.2 Å². The predicted molar refractivity (Wildman–Crippen MR) is 87.7 cm³/mol. The Morgan fingerprint density at radius 3 is 2.35 bits per heavy atom. The summed E-state index contributed by atoms with van der Waals surface area (Å²) in [7, 11) is -14.7. The fraction of sp³-hybridized carbons (Fsp3) is 0. The van der Waals surface area contributed by atoms with Gasteiger partial charge in [-0.25, -0.2) is 8.42 Å². The van der Waals surface area contributed by atoms with Crippen LogP contribution in [0.3, 0.4) is 0 Å². The third kappa shape index (κ3) is 3.57. The molecule has 5 nitrogen and oxygen atoms in total. The van der Waals surface area contributed by atoms with Crippen LogP contribution in [-0.4, -0.2) is 13.6 Å². The Balaban J connectivity index is 2.07. The fourth-order valence-corrected chi connectivity index (χ4v) is 4.15. The average Bonchev–Trinajstić information content (AvgIpc) is 2.89. The summed E-state index contributed by atoms with van der Waals surface area (Å²) in [5, 5.41) is 3.60. The zero-order valence-corrected chi connectivity index (χ0v) is 14.7. The van der Waals surface area contributed by atoms with Crippen LogP contribution in [0.15, 0.2) is 56.8 Å². The fourth-order valence-electron chi connectivity index (χ4n) is 2.09. The molecule has 0 unspecified atom stereocenters. The van der Waals surface area contributed by atoms with Gasteiger partial charge in [-0.1, -0.05) is 48.3 Å². The molecular formula is C13H8ClF5N2O3S2. The summed E-state index contributed by atoms with van der Waals surface area (Å²) in [6, 6.07) is 5.60. The number of anilines is 1. The zero-order valence-electron chi connectivity index (χ0n) is 12.3. The number of nitrogens with one attached hydrogen (secondary N) is 1. The van der Waals surface area contributed by atoms with Crippen molar-refractivity contribution in [3.05, 3.63) is 47.5 Å². The van der Waals surface area contributed by atoms with Gasteiger partial charge in [0, 0.05) is 0 Å². The Labute approximate surface area is 148 Å². The third-order valence-electron chi connectivity index (χ3n) is 3.24. The van der Waals surface area contributed by atoms with Gasteiger partial charge in [0.15, 0.2) is 11.4 Å². The zero-order chi connectivity index (χ0) is 19.4. The monoisotopic (exact) mass is 434 g/mol. The molecule has 3 rings (SSSR count). The molecule has 0 aliphatic rings. The lowest BCUT2D eigenvalue weighted by atomic mass is 10.2. The van der Waals surface area contributed by atoms with Crippen molar-refractivity contribution < 1.29 is 32.4 Å². The van der Waals surface area contributed by atoms with E-state index in [0.29, 0.717) is 6.07 Å². The van der Waals surface area contributed by atoms with E-state index >= 15 is 0 Å². The van der Waals surface area contributed by atoms with Gasteiger partial charge in [0.2, 0.25) is 0 Å². The summed E-state index contributed by atoms with van der Waals surface area (Å²) >= 11 is 5.92. The average molecular weight is 435 g/mol. The lowest BCUT2D eigenvalue weighted by Gasteiger charge is -2.40. The quantitative estimate of drug-likeness (QED) is 0.516. The van der Waals surface area contributed by atoms with Gasteiger partial charge in [0.05, 0.1) is 15.3 Å². The molecule has 0 aliphatic carbocycles. The minimum absolute atomic E-state index is 0.0709. The number of halogens is 6. The van der Waals surface area contributed by atoms with Crippen LogP contribution in [0.5, 0.6) is 0 Å². The molecule has 1 heterocycles. The van der Waals surface area contributed by atoms with Crippen LogP contribution in [0.1, 0.15) is 0 Å². The maximum absolute atomic E-state index is 12.9. The van der Waals surface area contributed by atoms with Crippen molar-refractivity contribution in [3.8, 4) is 0 Å². The van der Waals surface area contributed by atoms with Crippen molar-refractivity contribution >= 4 is 48.6 Å². The number of hydrogen-bond acceptors (Lipinski definition) is 4. The first kappa shape index (κ1) is 18.7. The Bertz CT molecular complexity index is 1130. The first-order chi connectivity index (χ1) is 11.7. The largest absolute Gasteiger partial charge is 0.354 e. The molecule has 0 fully saturated rings. The Kier molecular flexibility index (Phi) is 3.61. The maximum atomic E-state index is 12.9. The highest BCUT2D eigenvalue weighted by atomic mass is 35.5. The van der Waals surface area contributed by atoms with E-state index in [-0.39, 0.29) is 33.9 Å². The van der Waals surface area contributed by atoms with Gasteiger partial charge in [-0.3, -0.25) is 4.72 Å². The second kappa shape index (κ2) is 5.02. The lowest BCUT2D eigenvalue weighted by Crippen LogP contribution is -2.15. The van der Waals surface area contributed by atoms with E-state index in [1.807, 2.05) is 4.72 Å². The van der Waals surface area contributed by atoms with Crippen LogP contribution >= 0.6 is 21.8 Å². The number of hydrogen-bond donors (Lipinski definition) is 1. The van der Waals surface area contributed by atoms with E-state index in [9.17, 15) is 27.8 Å². The molecule has 0 spiro atoms. The van der Waals surface area contributed by atoms with Crippen molar-refractivity contribution in [1.29, 1.82) is 0 Å². The number of fused-ring (bicyclic) bond motifs is 1. The van der Waals surface area contributed by atoms with Crippen LogP contribution in [0.4, 0.5) is 25.2 Å². The molecule has 1 aromatic heterocycles.